The summed E-state index contributed by atoms with van der Waals surface area (Å²) in [5.41, 5.74) is 0.0754. The summed E-state index contributed by atoms with van der Waals surface area (Å²) in [6, 6.07) is 0.0802. The number of piperidine rings is 1. The summed E-state index contributed by atoms with van der Waals surface area (Å²) in [6.45, 7) is 9.57. The lowest BCUT2D eigenvalue weighted by Crippen LogP contribution is -2.52. The maximum atomic E-state index is 12.6. The highest BCUT2D eigenvalue weighted by Gasteiger charge is 2.39. The minimum absolute atomic E-state index is 0.0754. The van der Waals surface area contributed by atoms with Crippen LogP contribution < -0.4 is 10.0 Å². The largest absolute Gasteiger partial charge is 0.317 e. The van der Waals surface area contributed by atoms with Gasteiger partial charge in [-0.15, -0.1) is 0 Å². The Morgan fingerprint density at radius 1 is 1.24 bits per heavy atom. The van der Waals surface area contributed by atoms with Gasteiger partial charge in [-0.25, -0.2) is 0 Å². The topological polar surface area (TPSA) is 61.4 Å². The fourth-order valence-corrected chi connectivity index (χ4v) is 5.28. The van der Waals surface area contributed by atoms with Gasteiger partial charge >= 0.3 is 0 Å². The molecule has 21 heavy (non-hydrogen) atoms. The molecule has 1 saturated carbocycles. The van der Waals surface area contributed by atoms with E-state index in [2.05, 4.69) is 30.8 Å². The molecule has 0 aromatic heterocycles. The summed E-state index contributed by atoms with van der Waals surface area (Å²) in [6.07, 6.45) is 5.26. The molecular formula is C15H31N3O2S. The van der Waals surface area contributed by atoms with E-state index in [-0.39, 0.29) is 11.5 Å². The zero-order chi connectivity index (χ0) is 15.5. The average molecular weight is 317 g/mol. The molecule has 0 radical (unpaired) electrons. The first kappa shape index (κ1) is 17.2. The van der Waals surface area contributed by atoms with E-state index in [9.17, 15) is 8.42 Å². The highest BCUT2D eigenvalue weighted by atomic mass is 32.2. The predicted octanol–water partition coefficient (Wildman–Crippen LogP) is 1.72. The molecular weight excluding hydrogens is 286 g/mol. The SMILES string of the molecule is CCNCC1CCCN(S(=O)(=O)NC2CCCC2(C)C)C1. The zero-order valence-corrected chi connectivity index (χ0v) is 14.5. The van der Waals surface area contributed by atoms with Crippen molar-refractivity contribution >= 4 is 10.2 Å². The number of hydrogen-bond donors (Lipinski definition) is 2. The Bertz CT molecular complexity index is 436. The van der Waals surface area contributed by atoms with Crippen LogP contribution in [0.5, 0.6) is 0 Å². The number of hydrogen-bond acceptors (Lipinski definition) is 3. The molecule has 6 heteroatoms. The van der Waals surface area contributed by atoms with Gasteiger partial charge in [0, 0.05) is 19.1 Å². The Hall–Kier alpha value is -0.170. The Morgan fingerprint density at radius 2 is 2.00 bits per heavy atom. The van der Waals surface area contributed by atoms with Crippen molar-refractivity contribution in [1.29, 1.82) is 0 Å². The highest BCUT2D eigenvalue weighted by molar-refractivity contribution is 7.87. The first-order valence-corrected chi connectivity index (χ1v) is 9.77. The van der Waals surface area contributed by atoms with Crippen LogP contribution in [0.2, 0.25) is 0 Å². The van der Waals surface area contributed by atoms with Gasteiger partial charge < -0.3 is 5.32 Å². The fourth-order valence-electron chi connectivity index (χ4n) is 3.56. The molecule has 0 aromatic carbocycles. The summed E-state index contributed by atoms with van der Waals surface area (Å²) in [5, 5.41) is 3.33. The van der Waals surface area contributed by atoms with E-state index in [1.54, 1.807) is 4.31 Å². The van der Waals surface area contributed by atoms with Gasteiger partial charge in [-0.2, -0.15) is 17.4 Å². The van der Waals surface area contributed by atoms with Crippen LogP contribution in [0.1, 0.15) is 52.9 Å². The lowest BCUT2D eigenvalue weighted by atomic mass is 9.88. The standard InChI is InChI=1S/C15H31N3O2S/c1-4-16-11-13-7-6-10-18(12-13)21(19,20)17-14-8-5-9-15(14,2)3/h13-14,16-17H,4-12H2,1-3H3. The Labute approximate surface area is 130 Å². The minimum atomic E-state index is -3.34. The molecule has 124 valence electrons. The van der Waals surface area contributed by atoms with Crippen LogP contribution in [0, 0.1) is 11.3 Å². The number of nitrogens with zero attached hydrogens (tertiary/aromatic N) is 1. The first-order chi connectivity index (χ1) is 9.85. The van der Waals surface area contributed by atoms with Crippen LogP contribution in [0.4, 0.5) is 0 Å². The van der Waals surface area contributed by atoms with Gasteiger partial charge in [0.2, 0.25) is 0 Å². The Morgan fingerprint density at radius 3 is 2.62 bits per heavy atom. The van der Waals surface area contributed by atoms with Crippen molar-refractivity contribution in [3.05, 3.63) is 0 Å². The average Bonchev–Trinajstić information content (AvgIpc) is 2.75. The van der Waals surface area contributed by atoms with E-state index in [0.717, 1.165) is 45.2 Å². The van der Waals surface area contributed by atoms with E-state index < -0.39 is 10.2 Å². The van der Waals surface area contributed by atoms with Gasteiger partial charge in [0.05, 0.1) is 0 Å². The summed E-state index contributed by atoms with van der Waals surface area (Å²) in [5.74, 6) is 0.437. The molecule has 1 saturated heterocycles. The summed E-state index contributed by atoms with van der Waals surface area (Å²) >= 11 is 0. The van der Waals surface area contributed by atoms with Gasteiger partial charge in [-0.3, -0.25) is 0 Å². The highest BCUT2D eigenvalue weighted by Crippen LogP contribution is 2.37. The Kier molecular flexibility index (Phi) is 5.68. The van der Waals surface area contributed by atoms with E-state index in [4.69, 9.17) is 0 Å². The molecule has 2 aliphatic rings. The van der Waals surface area contributed by atoms with Crippen LogP contribution in [-0.4, -0.2) is 44.9 Å². The maximum Gasteiger partial charge on any atom is 0.279 e. The lowest BCUT2D eigenvalue weighted by Gasteiger charge is -2.35. The van der Waals surface area contributed by atoms with Gasteiger partial charge in [-0.05, 0) is 50.1 Å². The minimum Gasteiger partial charge on any atom is -0.317 e. The molecule has 1 aliphatic heterocycles. The molecule has 2 fully saturated rings. The molecule has 0 bridgehead atoms. The van der Waals surface area contributed by atoms with Crippen molar-refractivity contribution < 1.29 is 8.42 Å². The van der Waals surface area contributed by atoms with Crippen molar-refractivity contribution in [1.82, 2.24) is 14.3 Å². The quantitative estimate of drug-likeness (QED) is 0.784. The van der Waals surface area contributed by atoms with Crippen molar-refractivity contribution in [2.45, 2.75) is 58.9 Å². The van der Waals surface area contributed by atoms with Crippen LogP contribution in [0.3, 0.4) is 0 Å². The van der Waals surface area contributed by atoms with E-state index >= 15 is 0 Å². The monoisotopic (exact) mass is 317 g/mol. The second-order valence-electron chi connectivity index (χ2n) is 7.23. The lowest BCUT2D eigenvalue weighted by molar-refractivity contribution is 0.250. The molecule has 2 rings (SSSR count). The molecule has 2 atom stereocenters. The molecule has 2 N–H and O–H groups in total. The third-order valence-electron chi connectivity index (χ3n) is 5.05. The predicted molar refractivity (Wildman–Crippen MR) is 86.3 cm³/mol. The van der Waals surface area contributed by atoms with Crippen molar-refractivity contribution in [3.63, 3.8) is 0 Å². The normalized spacial score (nSPS) is 30.6. The molecule has 0 spiro atoms. The first-order valence-electron chi connectivity index (χ1n) is 8.33. The summed E-state index contributed by atoms with van der Waals surface area (Å²) in [7, 11) is -3.34. The molecule has 5 nitrogen and oxygen atoms in total. The van der Waals surface area contributed by atoms with E-state index in [1.165, 1.54) is 0 Å². The summed E-state index contributed by atoms with van der Waals surface area (Å²) < 4.78 is 29.9. The van der Waals surface area contributed by atoms with Gasteiger partial charge in [0.25, 0.3) is 10.2 Å². The van der Waals surface area contributed by atoms with Gasteiger partial charge in [0.1, 0.15) is 0 Å². The van der Waals surface area contributed by atoms with Crippen LogP contribution in [0.15, 0.2) is 0 Å². The van der Waals surface area contributed by atoms with Crippen molar-refractivity contribution in [2.75, 3.05) is 26.2 Å². The summed E-state index contributed by atoms with van der Waals surface area (Å²) in [4.78, 5) is 0. The second kappa shape index (κ2) is 6.94. The van der Waals surface area contributed by atoms with Crippen LogP contribution >= 0.6 is 0 Å². The zero-order valence-electron chi connectivity index (χ0n) is 13.7. The van der Waals surface area contributed by atoms with Crippen LogP contribution in [-0.2, 0) is 10.2 Å². The van der Waals surface area contributed by atoms with Crippen molar-refractivity contribution in [2.24, 2.45) is 11.3 Å². The third kappa shape index (κ3) is 4.41. The van der Waals surface area contributed by atoms with Gasteiger partial charge in [0.15, 0.2) is 0 Å². The molecule has 2 unspecified atom stereocenters. The van der Waals surface area contributed by atoms with E-state index in [1.807, 2.05) is 0 Å². The van der Waals surface area contributed by atoms with Crippen molar-refractivity contribution in [3.8, 4) is 0 Å². The van der Waals surface area contributed by atoms with Crippen LogP contribution in [0.25, 0.3) is 0 Å². The molecule has 1 aliphatic carbocycles. The third-order valence-corrected chi connectivity index (χ3v) is 6.65. The molecule has 0 aromatic rings. The molecule has 0 amide bonds. The molecule has 1 heterocycles. The van der Waals surface area contributed by atoms with E-state index in [0.29, 0.717) is 19.0 Å². The Balaban J connectivity index is 1.95. The number of rotatable bonds is 6. The smallest absolute Gasteiger partial charge is 0.279 e. The second-order valence-corrected chi connectivity index (χ2v) is 8.93. The van der Waals surface area contributed by atoms with Gasteiger partial charge in [-0.1, -0.05) is 27.2 Å². The number of nitrogens with one attached hydrogen (secondary N) is 2. The maximum absolute atomic E-state index is 12.6. The fraction of sp³-hybridized carbons (Fsp3) is 1.00.